The Hall–Kier alpha value is -0.310. The largest absolute Gasteiger partial charge is 0.478 e. The van der Waals surface area contributed by atoms with Gasteiger partial charge in [0.25, 0.3) is 0 Å². The van der Waals surface area contributed by atoms with Crippen LogP contribution in [0.15, 0.2) is 11.1 Å². The fourth-order valence-corrected chi connectivity index (χ4v) is 1.14. The van der Waals surface area contributed by atoms with Crippen LogP contribution in [0.25, 0.3) is 0 Å². The molecular formula is C8H13BrO2. The molecule has 1 N–H and O–H groups in total. The van der Waals surface area contributed by atoms with Crippen LogP contribution in [0.1, 0.15) is 20.8 Å². The molecule has 2 nitrogen and oxygen atoms in total. The summed E-state index contributed by atoms with van der Waals surface area (Å²) in [6.07, 6.45) is 0. The molecule has 0 fully saturated rings. The van der Waals surface area contributed by atoms with Crippen LogP contribution in [0.4, 0.5) is 0 Å². The molecule has 3 heteroatoms. The van der Waals surface area contributed by atoms with Crippen LogP contribution in [-0.4, -0.2) is 16.4 Å². The molecule has 0 aromatic rings. The maximum absolute atomic E-state index is 10.5. The molecule has 0 saturated heterocycles. The van der Waals surface area contributed by atoms with Crippen molar-refractivity contribution in [2.45, 2.75) is 20.8 Å². The van der Waals surface area contributed by atoms with Crippen molar-refractivity contribution in [3.05, 3.63) is 11.1 Å². The molecule has 0 heterocycles. The second-order valence-corrected chi connectivity index (χ2v) is 3.32. The van der Waals surface area contributed by atoms with Gasteiger partial charge >= 0.3 is 5.97 Å². The number of rotatable bonds is 3. The van der Waals surface area contributed by atoms with Crippen molar-refractivity contribution in [3.63, 3.8) is 0 Å². The third-order valence-corrected chi connectivity index (χ3v) is 2.85. The number of aliphatic carboxylic acids is 1. The first-order chi connectivity index (χ1) is 5.00. The lowest BCUT2D eigenvalue weighted by atomic mass is 10.0. The van der Waals surface area contributed by atoms with Crippen molar-refractivity contribution in [2.75, 3.05) is 5.33 Å². The third-order valence-electron chi connectivity index (χ3n) is 1.88. The summed E-state index contributed by atoms with van der Waals surface area (Å²) in [5, 5.41) is 9.43. The minimum absolute atomic E-state index is 0.297. The predicted octanol–water partition coefficient (Wildman–Crippen LogP) is 2.44. The molecular weight excluding hydrogens is 208 g/mol. The molecule has 1 atom stereocenters. The van der Waals surface area contributed by atoms with Gasteiger partial charge in [-0.1, -0.05) is 28.4 Å². The molecule has 0 aromatic carbocycles. The van der Waals surface area contributed by atoms with Crippen molar-refractivity contribution in [1.29, 1.82) is 0 Å². The number of halogens is 1. The molecule has 0 aliphatic carbocycles. The lowest BCUT2D eigenvalue weighted by molar-refractivity contribution is -0.132. The summed E-state index contributed by atoms with van der Waals surface area (Å²) < 4.78 is 0. The van der Waals surface area contributed by atoms with Gasteiger partial charge in [-0.05, 0) is 19.8 Å². The lowest BCUT2D eigenvalue weighted by Gasteiger charge is -2.09. The number of hydrogen-bond acceptors (Lipinski definition) is 1. The molecule has 0 saturated carbocycles. The smallest absolute Gasteiger partial charge is 0.331 e. The van der Waals surface area contributed by atoms with Gasteiger partial charge in [0.15, 0.2) is 0 Å². The molecule has 1 unspecified atom stereocenters. The van der Waals surface area contributed by atoms with Gasteiger partial charge in [-0.2, -0.15) is 0 Å². The van der Waals surface area contributed by atoms with Gasteiger partial charge in [-0.25, -0.2) is 4.79 Å². The molecule has 64 valence electrons. The number of hydrogen-bond donors (Lipinski definition) is 1. The summed E-state index contributed by atoms with van der Waals surface area (Å²) in [5.74, 6) is -0.526. The second kappa shape index (κ2) is 4.54. The van der Waals surface area contributed by atoms with Crippen LogP contribution in [-0.2, 0) is 4.79 Å². The van der Waals surface area contributed by atoms with Crippen LogP contribution in [0.3, 0.4) is 0 Å². The summed E-state index contributed by atoms with van der Waals surface area (Å²) in [6, 6.07) is 0. The molecule has 0 radical (unpaired) electrons. The van der Waals surface area contributed by atoms with E-state index < -0.39 is 5.97 Å². The molecule has 0 aromatic heterocycles. The summed E-state index contributed by atoms with van der Waals surface area (Å²) in [7, 11) is 0. The van der Waals surface area contributed by atoms with Crippen LogP contribution >= 0.6 is 15.9 Å². The molecule has 0 aliphatic heterocycles. The summed E-state index contributed by atoms with van der Waals surface area (Å²) >= 11 is 3.31. The van der Waals surface area contributed by atoms with Gasteiger partial charge in [0.05, 0.1) is 0 Å². The standard InChI is InChI=1S/C8H13BrO2/c1-5(4-9)6(2)7(3)8(10)11/h5H,4H2,1-3H3,(H,10,11). The van der Waals surface area contributed by atoms with E-state index >= 15 is 0 Å². The summed E-state index contributed by atoms with van der Waals surface area (Å²) in [6.45, 7) is 5.49. The average Bonchev–Trinajstić information content (AvgIpc) is 2.00. The quantitative estimate of drug-likeness (QED) is 0.587. The van der Waals surface area contributed by atoms with Crippen molar-refractivity contribution >= 4 is 21.9 Å². The second-order valence-electron chi connectivity index (χ2n) is 2.67. The summed E-state index contributed by atoms with van der Waals surface area (Å²) in [4.78, 5) is 10.5. The number of carboxylic acid groups (broad SMARTS) is 1. The average molecular weight is 221 g/mol. The predicted molar refractivity (Wildman–Crippen MR) is 49.0 cm³/mol. The van der Waals surface area contributed by atoms with E-state index in [-0.39, 0.29) is 0 Å². The highest BCUT2D eigenvalue weighted by Crippen LogP contribution is 2.16. The fourth-order valence-electron chi connectivity index (χ4n) is 0.654. The zero-order valence-electron chi connectivity index (χ0n) is 7.02. The van der Waals surface area contributed by atoms with Crippen molar-refractivity contribution in [1.82, 2.24) is 0 Å². The van der Waals surface area contributed by atoms with E-state index in [1.165, 1.54) is 0 Å². The van der Waals surface area contributed by atoms with E-state index in [9.17, 15) is 4.79 Å². The van der Waals surface area contributed by atoms with Gasteiger partial charge < -0.3 is 5.11 Å². The van der Waals surface area contributed by atoms with E-state index in [0.29, 0.717) is 11.5 Å². The van der Waals surface area contributed by atoms with E-state index in [1.54, 1.807) is 6.92 Å². The Labute approximate surface area is 75.4 Å². The zero-order chi connectivity index (χ0) is 9.02. The Morgan fingerprint density at radius 3 is 2.27 bits per heavy atom. The Kier molecular flexibility index (Phi) is 4.42. The normalized spacial score (nSPS) is 15.6. The first kappa shape index (κ1) is 10.7. The van der Waals surface area contributed by atoms with E-state index in [4.69, 9.17) is 5.11 Å². The first-order valence-corrected chi connectivity index (χ1v) is 4.59. The van der Waals surface area contributed by atoms with Gasteiger partial charge in [0.1, 0.15) is 0 Å². The maximum Gasteiger partial charge on any atom is 0.331 e. The number of alkyl halides is 1. The molecule has 0 spiro atoms. The SMILES string of the molecule is CC(C(=O)O)=C(C)C(C)CBr. The lowest BCUT2D eigenvalue weighted by Crippen LogP contribution is -2.06. The van der Waals surface area contributed by atoms with E-state index in [2.05, 4.69) is 15.9 Å². The van der Waals surface area contributed by atoms with E-state index in [1.807, 2.05) is 13.8 Å². The first-order valence-electron chi connectivity index (χ1n) is 3.47. The van der Waals surface area contributed by atoms with Crippen molar-refractivity contribution < 1.29 is 9.90 Å². The number of carbonyl (C=O) groups is 1. The third kappa shape index (κ3) is 3.06. The Morgan fingerprint density at radius 2 is 2.00 bits per heavy atom. The van der Waals surface area contributed by atoms with Gasteiger partial charge in [0.2, 0.25) is 0 Å². The molecule has 0 rings (SSSR count). The molecule has 0 amide bonds. The summed E-state index contributed by atoms with van der Waals surface area (Å²) in [5.41, 5.74) is 1.39. The van der Waals surface area contributed by atoms with Gasteiger partial charge in [0, 0.05) is 10.9 Å². The minimum atomic E-state index is -0.824. The maximum atomic E-state index is 10.5. The Bertz CT molecular complexity index is 185. The topological polar surface area (TPSA) is 37.3 Å². The van der Waals surface area contributed by atoms with Gasteiger partial charge in [-0.3, -0.25) is 0 Å². The van der Waals surface area contributed by atoms with Gasteiger partial charge in [-0.15, -0.1) is 0 Å². The van der Waals surface area contributed by atoms with Crippen LogP contribution in [0.2, 0.25) is 0 Å². The zero-order valence-corrected chi connectivity index (χ0v) is 8.60. The minimum Gasteiger partial charge on any atom is -0.478 e. The van der Waals surface area contributed by atoms with Crippen molar-refractivity contribution in [3.8, 4) is 0 Å². The highest BCUT2D eigenvalue weighted by Gasteiger charge is 2.09. The highest BCUT2D eigenvalue weighted by molar-refractivity contribution is 9.09. The van der Waals surface area contributed by atoms with Crippen LogP contribution in [0.5, 0.6) is 0 Å². The molecule has 11 heavy (non-hydrogen) atoms. The number of carboxylic acids is 1. The van der Waals surface area contributed by atoms with E-state index in [0.717, 1.165) is 10.9 Å². The Balaban J connectivity index is 4.51. The van der Waals surface area contributed by atoms with Crippen LogP contribution in [0, 0.1) is 5.92 Å². The van der Waals surface area contributed by atoms with Crippen LogP contribution < -0.4 is 0 Å². The fraction of sp³-hybridized carbons (Fsp3) is 0.625. The monoisotopic (exact) mass is 220 g/mol. The molecule has 0 bridgehead atoms. The highest BCUT2D eigenvalue weighted by atomic mass is 79.9. The Morgan fingerprint density at radius 1 is 1.55 bits per heavy atom. The van der Waals surface area contributed by atoms with Crippen molar-refractivity contribution in [2.24, 2.45) is 5.92 Å². The number of allylic oxidation sites excluding steroid dienone is 1. The molecule has 0 aliphatic rings.